The first-order valence-corrected chi connectivity index (χ1v) is 4.49. The summed E-state index contributed by atoms with van der Waals surface area (Å²) in [5.74, 6) is 0. The van der Waals surface area contributed by atoms with E-state index in [0.717, 1.165) is 17.7 Å². The number of fused-ring (bicyclic) bond motifs is 1. The van der Waals surface area contributed by atoms with E-state index in [1.807, 2.05) is 42.3 Å². The fourth-order valence-electron chi connectivity index (χ4n) is 1.60. The molecule has 0 radical (unpaired) electrons. The average Bonchev–Trinajstić information content (AvgIpc) is 2.23. The molecule has 1 aromatic carbocycles. The molecule has 14 heavy (non-hydrogen) atoms. The number of nitrogens with zero attached hydrogens (tertiary/aromatic N) is 1. The summed E-state index contributed by atoms with van der Waals surface area (Å²) in [4.78, 5) is 12.4. The maximum absolute atomic E-state index is 10.4. The van der Waals surface area contributed by atoms with Crippen molar-refractivity contribution >= 4 is 18.0 Å². The molecule has 2 rings (SSSR count). The first-order chi connectivity index (χ1) is 6.83. The number of carbonyl (C=O) groups excluding carboxylic acids is 1. The van der Waals surface area contributed by atoms with Gasteiger partial charge in [-0.2, -0.15) is 0 Å². The van der Waals surface area contributed by atoms with E-state index in [2.05, 4.69) is 6.07 Å². The second-order valence-corrected chi connectivity index (χ2v) is 3.18. The Morgan fingerprint density at radius 1 is 1.21 bits per heavy atom. The minimum absolute atomic E-state index is 0.810. The predicted molar refractivity (Wildman–Crippen MR) is 58.0 cm³/mol. The van der Waals surface area contributed by atoms with E-state index in [9.17, 15) is 4.79 Å². The standard InChI is InChI=1S/C12H11NO/c1-13-11(8-9-14)7-6-10-4-2-3-5-12(10)13/h2-9H,1H3. The molecular weight excluding hydrogens is 174 g/mol. The number of anilines is 1. The molecule has 0 saturated carbocycles. The monoisotopic (exact) mass is 185 g/mol. The number of aldehydes is 1. The van der Waals surface area contributed by atoms with E-state index in [4.69, 9.17) is 0 Å². The van der Waals surface area contributed by atoms with Crippen LogP contribution < -0.4 is 4.90 Å². The topological polar surface area (TPSA) is 20.3 Å². The zero-order valence-electron chi connectivity index (χ0n) is 7.97. The molecule has 0 atom stereocenters. The zero-order valence-corrected chi connectivity index (χ0v) is 7.97. The fourth-order valence-corrected chi connectivity index (χ4v) is 1.60. The van der Waals surface area contributed by atoms with E-state index in [1.54, 1.807) is 6.08 Å². The number of rotatable bonds is 1. The van der Waals surface area contributed by atoms with Crippen molar-refractivity contribution in [3.05, 3.63) is 47.7 Å². The third-order valence-corrected chi connectivity index (χ3v) is 2.36. The van der Waals surface area contributed by atoms with Crippen LogP contribution in [0.1, 0.15) is 5.56 Å². The van der Waals surface area contributed by atoms with Crippen molar-refractivity contribution in [2.75, 3.05) is 11.9 Å². The van der Waals surface area contributed by atoms with Crippen LogP contribution in [0.15, 0.2) is 42.1 Å². The molecular formula is C12H11NO. The molecule has 1 aliphatic heterocycles. The molecule has 1 aliphatic rings. The normalized spacial score (nSPS) is 16.9. The Balaban J connectivity index is 2.49. The number of hydrogen-bond acceptors (Lipinski definition) is 2. The van der Waals surface area contributed by atoms with Crippen LogP contribution in [-0.4, -0.2) is 13.3 Å². The minimum atomic E-state index is 0.810. The summed E-state index contributed by atoms with van der Waals surface area (Å²) in [6, 6.07) is 8.09. The van der Waals surface area contributed by atoms with Gasteiger partial charge in [-0.15, -0.1) is 0 Å². The lowest BCUT2D eigenvalue weighted by Crippen LogP contribution is -2.18. The van der Waals surface area contributed by atoms with E-state index in [0.29, 0.717) is 0 Å². The van der Waals surface area contributed by atoms with E-state index >= 15 is 0 Å². The highest BCUT2D eigenvalue weighted by atomic mass is 16.1. The van der Waals surface area contributed by atoms with Crippen LogP contribution in [0.25, 0.3) is 6.08 Å². The molecule has 0 saturated heterocycles. The lowest BCUT2D eigenvalue weighted by Gasteiger charge is -2.25. The van der Waals surface area contributed by atoms with Crippen molar-refractivity contribution in [3.8, 4) is 0 Å². The Kier molecular flexibility index (Phi) is 2.19. The predicted octanol–water partition coefficient (Wildman–Crippen LogP) is 2.23. The Hall–Kier alpha value is -1.83. The molecule has 0 bridgehead atoms. The van der Waals surface area contributed by atoms with E-state index in [1.165, 1.54) is 5.56 Å². The first kappa shape index (κ1) is 8.75. The summed E-state index contributed by atoms with van der Waals surface area (Å²) in [6.45, 7) is 0. The molecule has 70 valence electrons. The molecule has 0 amide bonds. The minimum Gasteiger partial charge on any atom is -0.344 e. The first-order valence-electron chi connectivity index (χ1n) is 4.49. The van der Waals surface area contributed by atoms with Gasteiger partial charge in [0.15, 0.2) is 0 Å². The van der Waals surface area contributed by atoms with Gasteiger partial charge in [0.05, 0.1) is 0 Å². The number of allylic oxidation sites excluding steroid dienone is 2. The van der Waals surface area contributed by atoms with Crippen LogP contribution in [-0.2, 0) is 4.79 Å². The maximum atomic E-state index is 10.4. The lowest BCUT2D eigenvalue weighted by atomic mass is 10.1. The molecule has 0 aromatic heterocycles. The number of likely N-dealkylation sites (N-methyl/N-ethyl adjacent to an activating group) is 1. The van der Waals surface area contributed by atoms with Crippen LogP contribution >= 0.6 is 0 Å². The highest BCUT2D eigenvalue weighted by Crippen LogP contribution is 2.28. The molecule has 2 nitrogen and oxygen atoms in total. The van der Waals surface area contributed by atoms with Crippen molar-refractivity contribution < 1.29 is 4.79 Å². The smallest absolute Gasteiger partial charge is 0.144 e. The molecule has 2 heteroatoms. The SMILES string of the molecule is CN1C(=CC=O)C=Cc2ccccc21. The third kappa shape index (κ3) is 1.35. The molecule has 0 fully saturated rings. The van der Waals surface area contributed by atoms with E-state index in [-0.39, 0.29) is 0 Å². The third-order valence-electron chi connectivity index (χ3n) is 2.36. The van der Waals surface area contributed by atoms with Gasteiger partial charge in [-0.1, -0.05) is 24.3 Å². The number of hydrogen-bond donors (Lipinski definition) is 0. The van der Waals surface area contributed by atoms with Crippen LogP contribution in [0, 0.1) is 0 Å². The van der Waals surface area contributed by atoms with Gasteiger partial charge in [0, 0.05) is 24.5 Å². The van der Waals surface area contributed by atoms with Crippen molar-refractivity contribution in [1.29, 1.82) is 0 Å². The van der Waals surface area contributed by atoms with Gasteiger partial charge < -0.3 is 4.90 Å². The lowest BCUT2D eigenvalue weighted by molar-refractivity contribution is -0.104. The number of carbonyl (C=O) groups is 1. The largest absolute Gasteiger partial charge is 0.344 e. The zero-order chi connectivity index (χ0) is 9.97. The maximum Gasteiger partial charge on any atom is 0.144 e. The summed E-state index contributed by atoms with van der Waals surface area (Å²) >= 11 is 0. The second kappa shape index (κ2) is 3.50. The van der Waals surface area contributed by atoms with Crippen molar-refractivity contribution in [2.24, 2.45) is 0 Å². The summed E-state index contributed by atoms with van der Waals surface area (Å²) in [5.41, 5.74) is 3.22. The molecule has 0 N–H and O–H groups in total. The molecule has 0 aliphatic carbocycles. The van der Waals surface area contributed by atoms with Crippen molar-refractivity contribution in [2.45, 2.75) is 0 Å². The van der Waals surface area contributed by atoms with Crippen LogP contribution in [0.5, 0.6) is 0 Å². The summed E-state index contributed by atoms with van der Waals surface area (Å²) < 4.78 is 0. The molecule has 1 heterocycles. The van der Waals surface area contributed by atoms with Gasteiger partial charge >= 0.3 is 0 Å². The van der Waals surface area contributed by atoms with Gasteiger partial charge in [-0.25, -0.2) is 0 Å². The average molecular weight is 185 g/mol. The van der Waals surface area contributed by atoms with Gasteiger partial charge in [-0.05, 0) is 17.7 Å². The summed E-state index contributed by atoms with van der Waals surface area (Å²) in [5, 5.41) is 0. The molecule has 0 spiro atoms. The Morgan fingerprint density at radius 3 is 2.79 bits per heavy atom. The van der Waals surface area contributed by atoms with Gasteiger partial charge in [0.25, 0.3) is 0 Å². The van der Waals surface area contributed by atoms with Gasteiger partial charge in [0.2, 0.25) is 0 Å². The van der Waals surface area contributed by atoms with Crippen molar-refractivity contribution in [3.63, 3.8) is 0 Å². The number of para-hydroxylation sites is 1. The highest BCUT2D eigenvalue weighted by molar-refractivity contribution is 5.79. The Labute approximate surface area is 83.2 Å². The highest BCUT2D eigenvalue weighted by Gasteiger charge is 2.11. The number of benzene rings is 1. The fraction of sp³-hybridized carbons (Fsp3) is 0.0833. The Bertz CT molecular complexity index is 418. The molecule has 1 aromatic rings. The van der Waals surface area contributed by atoms with Gasteiger partial charge in [0.1, 0.15) is 6.29 Å². The second-order valence-electron chi connectivity index (χ2n) is 3.18. The Morgan fingerprint density at radius 2 is 2.00 bits per heavy atom. The van der Waals surface area contributed by atoms with Crippen LogP contribution in [0.3, 0.4) is 0 Å². The van der Waals surface area contributed by atoms with Crippen molar-refractivity contribution in [1.82, 2.24) is 0 Å². The molecule has 0 unspecified atom stereocenters. The summed E-state index contributed by atoms with van der Waals surface area (Å²) in [7, 11) is 1.96. The summed E-state index contributed by atoms with van der Waals surface area (Å²) in [6.07, 6.45) is 6.33. The van der Waals surface area contributed by atoms with Crippen LogP contribution in [0.4, 0.5) is 5.69 Å². The van der Waals surface area contributed by atoms with Gasteiger partial charge in [-0.3, -0.25) is 4.79 Å². The quantitative estimate of drug-likeness (QED) is 0.494. The van der Waals surface area contributed by atoms with Crippen LogP contribution in [0.2, 0.25) is 0 Å². The van der Waals surface area contributed by atoms with E-state index < -0.39 is 0 Å².